The van der Waals surface area contributed by atoms with E-state index >= 15 is 0 Å². The molecule has 11 heteroatoms. The number of piperazine rings is 1. The molecule has 0 bridgehead atoms. The van der Waals surface area contributed by atoms with E-state index in [0.29, 0.717) is 24.6 Å². The van der Waals surface area contributed by atoms with Crippen molar-refractivity contribution >= 4 is 26.5 Å². The van der Waals surface area contributed by atoms with Gasteiger partial charge in [0.05, 0.1) is 19.9 Å². The highest BCUT2D eigenvalue weighted by Gasteiger charge is 2.33. The van der Waals surface area contributed by atoms with Gasteiger partial charge in [0.25, 0.3) is 0 Å². The number of nitrogens with zero attached hydrogens (tertiary/aromatic N) is 3. The van der Waals surface area contributed by atoms with E-state index in [1.165, 1.54) is 11.3 Å². The Morgan fingerprint density at radius 2 is 1.56 bits per heavy atom. The van der Waals surface area contributed by atoms with Crippen LogP contribution in [0.25, 0.3) is 11.3 Å². The van der Waals surface area contributed by atoms with Gasteiger partial charge in [-0.05, 0) is 24.3 Å². The number of ether oxygens (including phenoxy) is 2. The number of hydrogen-bond donors (Lipinski definition) is 0. The Morgan fingerprint density at radius 1 is 0.969 bits per heavy atom. The Kier molecular flexibility index (Phi) is 6.31. The van der Waals surface area contributed by atoms with Crippen LogP contribution in [0.4, 0.5) is 13.9 Å². The van der Waals surface area contributed by atoms with Crippen molar-refractivity contribution in [2.75, 3.05) is 45.3 Å². The lowest BCUT2D eigenvalue weighted by molar-refractivity contribution is 0.378. The summed E-state index contributed by atoms with van der Waals surface area (Å²) in [4.78, 5) is 5.72. The second-order valence-corrected chi connectivity index (χ2v) is 9.77. The zero-order chi connectivity index (χ0) is 22.9. The average molecular weight is 482 g/mol. The summed E-state index contributed by atoms with van der Waals surface area (Å²) in [7, 11) is -1.12. The molecule has 1 aliphatic rings. The summed E-state index contributed by atoms with van der Waals surface area (Å²) >= 11 is 1.43. The maximum Gasteiger partial charge on any atom is 0.249 e. The van der Waals surface area contributed by atoms with Gasteiger partial charge in [-0.15, -0.1) is 11.3 Å². The van der Waals surface area contributed by atoms with Crippen molar-refractivity contribution in [2.24, 2.45) is 0 Å². The lowest BCUT2D eigenvalue weighted by Gasteiger charge is -2.33. The molecule has 32 heavy (non-hydrogen) atoms. The van der Waals surface area contributed by atoms with Crippen molar-refractivity contribution in [3.63, 3.8) is 0 Å². The lowest BCUT2D eigenvalue weighted by Crippen LogP contribution is -2.49. The molecule has 1 saturated heterocycles. The fraction of sp³-hybridized carbons (Fsp3) is 0.286. The van der Waals surface area contributed by atoms with Crippen molar-refractivity contribution in [3.05, 3.63) is 53.4 Å². The Hall–Kier alpha value is -2.76. The molecule has 1 aliphatic heterocycles. The van der Waals surface area contributed by atoms with Gasteiger partial charge in [-0.1, -0.05) is 6.07 Å². The van der Waals surface area contributed by atoms with E-state index in [4.69, 9.17) is 9.47 Å². The minimum absolute atomic E-state index is 0.0952. The van der Waals surface area contributed by atoms with Gasteiger partial charge < -0.3 is 14.4 Å². The zero-order valence-electron chi connectivity index (χ0n) is 17.4. The van der Waals surface area contributed by atoms with Crippen LogP contribution in [-0.4, -0.2) is 58.1 Å². The SMILES string of the molecule is COc1cc(OC)cc(-c2csc(N3CCN(S(=O)(=O)c4c(F)cccc4F)CC3)n2)c1. The van der Waals surface area contributed by atoms with E-state index in [1.807, 2.05) is 22.4 Å². The number of hydrogen-bond acceptors (Lipinski definition) is 7. The van der Waals surface area contributed by atoms with Gasteiger partial charge in [0.15, 0.2) is 10.0 Å². The number of sulfonamides is 1. The molecular formula is C21H21F2N3O4S2. The number of aromatic nitrogens is 1. The highest BCUT2D eigenvalue weighted by atomic mass is 32.2. The first-order valence-corrected chi connectivity index (χ1v) is 12.0. The maximum atomic E-state index is 14.0. The standard InChI is InChI=1S/C21H21F2N3O4S2/c1-29-15-10-14(11-16(12-15)30-2)19-13-31-21(24-19)25-6-8-26(9-7-25)32(27,28)20-17(22)4-3-5-18(20)23/h3-5,10-13H,6-9H2,1-2H3. The zero-order valence-corrected chi connectivity index (χ0v) is 19.0. The molecule has 3 aromatic rings. The maximum absolute atomic E-state index is 14.0. The molecule has 4 rings (SSSR count). The Balaban J connectivity index is 1.50. The normalized spacial score (nSPS) is 15.1. The fourth-order valence-corrected chi connectivity index (χ4v) is 5.89. The highest BCUT2D eigenvalue weighted by Crippen LogP contribution is 2.33. The fourth-order valence-electron chi connectivity index (χ4n) is 3.48. The van der Waals surface area contributed by atoms with Crippen LogP contribution >= 0.6 is 11.3 Å². The summed E-state index contributed by atoms with van der Waals surface area (Å²) in [6, 6.07) is 8.51. The van der Waals surface area contributed by atoms with Crippen LogP contribution < -0.4 is 14.4 Å². The molecule has 0 aliphatic carbocycles. The van der Waals surface area contributed by atoms with Gasteiger partial charge in [-0.2, -0.15) is 4.31 Å². The predicted octanol–water partition coefficient (Wildman–Crippen LogP) is 3.62. The molecule has 0 unspecified atom stereocenters. The van der Waals surface area contributed by atoms with Crippen molar-refractivity contribution in [2.45, 2.75) is 4.90 Å². The highest BCUT2D eigenvalue weighted by molar-refractivity contribution is 7.89. The van der Waals surface area contributed by atoms with Crippen molar-refractivity contribution in [3.8, 4) is 22.8 Å². The largest absolute Gasteiger partial charge is 0.497 e. The van der Waals surface area contributed by atoms with E-state index in [0.717, 1.165) is 38.9 Å². The molecule has 0 N–H and O–H groups in total. The number of rotatable bonds is 6. The topological polar surface area (TPSA) is 72.0 Å². The quantitative estimate of drug-likeness (QED) is 0.536. The Bertz CT molecular complexity index is 1180. The van der Waals surface area contributed by atoms with Crippen LogP contribution in [0.15, 0.2) is 46.7 Å². The van der Waals surface area contributed by atoms with Gasteiger partial charge in [-0.25, -0.2) is 22.2 Å². The molecule has 170 valence electrons. The second-order valence-electron chi connectivity index (χ2n) is 7.06. The minimum Gasteiger partial charge on any atom is -0.497 e. The molecular weight excluding hydrogens is 460 g/mol. The van der Waals surface area contributed by atoms with Crippen molar-refractivity contribution in [1.29, 1.82) is 0 Å². The monoisotopic (exact) mass is 481 g/mol. The molecule has 2 heterocycles. The van der Waals surface area contributed by atoms with E-state index in [2.05, 4.69) is 4.98 Å². The Labute approximate surface area is 188 Å². The molecule has 0 atom stereocenters. The molecule has 0 spiro atoms. The van der Waals surface area contributed by atoms with E-state index < -0.39 is 26.6 Å². The number of halogens is 2. The summed E-state index contributed by atoms with van der Waals surface area (Å²) in [5.74, 6) is -0.891. The summed E-state index contributed by atoms with van der Waals surface area (Å²) in [5.41, 5.74) is 1.57. The number of benzene rings is 2. The van der Waals surface area contributed by atoms with Gasteiger partial charge in [0.1, 0.15) is 23.1 Å². The molecule has 1 aromatic heterocycles. The average Bonchev–Trinajstić information content (AvgIpc) is 3.29. The first kappa shape index (κ1) is 22.4. The summed E-state index contributed by atoms with van der Waals surface area (Å²) in [6.45, 7) is 0.892. The molecule has 1 fully saturated rings. The van der Waals surface area contributed by atoms with Crippen LogP contribution in [-0.2, 0) is 10.0 Å². The van der Waals surface area contributed by atoms with Gasteiger partial charge >= 0.3 is 0 Å². The van der Waals surface area contributed by atoms with Crippen LogP contribution in [0, 0.1) is 11.6 Å². The van der Waals surface area contributed by atoms with Gasteiger partial charge in [0, 0.05) is 43.2 Å². The van der Waals surface area contributed by atoms with Crippen molar-refractivity contribution < 1.29 is 26.7 Å². The lowest BCUT2D eigenvalue weighted by atomic mass is 10.1. The van der Waals surface area contributed by atoms with Gasteiger partial charge in [-0.3, -0.25) is 0 Å². The molecule has 0 amide bonds. The molecule has 2 aromatic carbocycles. The number of methoxy groups -OCH3 is 2. The summed E-state index contributed by atoms with van der Waals surface area (Å²) < 4.78 is 65.3. The summed E-state index contributed by atoms with van der Waals surface area (Å²) in [5, 5.41) is 2.64. The van der Waals surface area contributed by atoms with Crippen LogP contribution in [0.5, 0.6) is 11.5 Å². The molecule has 0 radical (unpaired) electrons. The number of anilines is 1. The summed E-state index contributed by atoms with van der Waals surface area (Å²) in [6.07, 6.45) is 0. The predicted molar refractivity (Wildman–Crippen MR) is 118 cm³/mol. The van der Waals surface area contributed by atoms with Crippen LogP contribution in [0.1, 0.15) is 0 Å². The smallest absolute Gasteiger partial charge is 0.249 e. The van der Waals surface area contributed by atoms with Crippen LogP contribution in [0.3, 0.4) is 0 Å². The first-order valence-electron chi connectivity index (χ1n) is 9.71. The third-order valence-corrected chi connectivity index (χ3v) is 8.02. The van der Waals surface area contributed by atoms with E-state index in [1.54, 1.807) is 20.3 Å². The van der Waals surface area contributed by atoms with E-state index in [-0.39, 0.29) is 13.1 Å². The van der Waals surface area contributed by atoms with Crippen LogP contribution in [0.2, 0.25) is 0 Å². The first-order chi connectivity index (χ1) is 15.3. The second kappa shape index (κ2) is 9.00. The molecule has 0 saturated carbocycles. The van der Waals surface area contributed by atoms with E-state index in [9.17, 15) is 17.2 Å². The van der Waals surface area contributed by atoms with Gasteiger partial charge in [0.2, 0.25) is 10.0 Å². The molecule has 7 nitrogen and oxygen atoms in total. The third kappa shape index (κ3) is 4.27. The minimum atomic E-state index is -4.27. The van der Waals surface area contributed by atoms with Crippen molar-refractivity contribution in [1.82, 2.24) is 9.29 Å². The Morgan fingerprint density at radius 3 is 2.12 bits per heavy atom. The third-order valence-electron chi connectivity index (χ3n) is 5.17. The number of thiazole rings is 1.